The highest BCUT2D eigenvalue weighted by Crippen LogP contribution is 2.22. The Kier molecular flexibility index (Phi) is 3.28. The molecule has 1 aromatic carbocycles. The minimum Gasteiger partial charge on any atom is -0.259 e. The van der Waals surface area contributed by atoms with Gasteiger partial charge in [-0.3, -0.25) is 10.1 Å². The first-order valence-electron chi connectivity index (χ1n) is 3.36. The van der Waals surface area contributed by atoms with E-state index in [9.17, 15) is 10.1 Å². The Morgan fingerprint density at radius 3 is 2.54 bits per heavy atom. The van der Waals surface area contributed by atoms with Crippen molar-refractivity contribution in [1.29, 1.82) is 0 Å². The summed E-state index contributed by atoms with van der Waals surface area (Å²) in [6, 6.07) is 4.79. The van der Waals surface area contributed by atoms with E-state index >= 15 is 0 Å². The van der Waals surface area contributed by atoms with Crippen LogP contribution in [0, 0.1) is 10.1 Å². The molecular formula is C8H5Cl2NO2. The standard InChI is InChI=1S/C8H5Cl2NO2/c9-7-2-1-6(5-8(7)10)3-4-11(12)13/h1-5H/b4-3+. The Morgan fingerprint density at radius 1 is 1.31 bits per heavy atom. The first kappa shape index (κ1) is 10.0. The molecule has 0 fully saturated rings. The molecule has 0 aliphatic rings. The van der Waals surface area contributed by atoms with Crippen LogP contribution in [-0.4, -0.2) is 4.92 Å². The molecule has 0 aliphatic heterocycles. The molecule has 0 amide bonds. The Balaban J connectivity index is 2.92. The average Bonchev–Trinajstić information content (AvgIpc) is 2.07. The van der Waals surface area contributed by atoms with Gasteiger partial charge in [0.15, 0.2) is 0 Å². The summed E-state index contributed by atoms with van der Waals surface area (Å²) in [5.41, 5.74) is 0.645. The summed E-state index contributed by atoms with van der Waals surface area (Å²) in [5.74, 6) is 0. The molecule has 13 heavy (non-hydrogen) atoms. The molecule has 0 unspecified atom stereocenters. The highest BCUT2D eigenvalue weighted by atomic mass is 35.5. The van der Waals surface area contributed by atoms with Gasteiger partial charge in [0.2, 0.25) is 6.20 Å². The third kappa shape index (κ3) is 3.05. The van der Waals surface area contributed by atoms with Gasteiger partial charge < -0.3 is 0 Å². The van der Waals surface area contributed by atoms with Gasteiger partial charge >= 0.3 is 0 Å². The van der Waals surface area contributed by atoms with Crippen LogP contribution in [0.5, 0.6) is 0 Å². The van der Waals surface area contributed by atoms with E-state index < -0.39 is 4.92 Å². The molecule has 5 heteroatoms. The van der Waals surface area contributed by atoms with Crippen molar-refractivity contribution in [2.45, 2.75) is 0 Å². The lowest BCUT2D eigenvalue weighted by Gasteiger charge is -1.95. The summed E-state index contributed by atoms with van der Waals surface area (Å²) < 4.78 is 0. The molecule has 3 nitrogen and oxygen atoms in total. The lowest BCUT2D eigenvalue weighted by Crippen LogP contribution is -1.82. The van der Waals surface area contributed by atoms with Crippen LogP contribution in [0.4, 0.5) is 0 Å². The van der Waals surface area contributed by atoms with Crippen LogP contribution >= 0.6 is 23.2 Å². The predicted octanol–water partition coefficient (Wildman–Crippen LogP) is 3.24. The quantitative estimate of drug-likeness (QED) is 0.564. The maximum absolute atomic E-state index is 9.98. The highest BCUT2D eigenvalue weighted by molar-refractivity contribution is 6.42. The Bertz CT molecular complexity index is 363. The second-order valence-electron chi connectivity index (χ2n) is 2.27. The topological polar surface area (TPSA) is 43.1 Å². The fourth-order valence-electron chi connectivity index (χ4n) is 0.763. The van der Waals surface area contributed by atoms with Crippen molar-refractivity contribution in [2.24, 2.45) is 0 Å². The van der Waals surface area contributed by atoms with Crippen LogP contribution in [0.2, 0.25) is 10.0 Å². The van der Waals surface area contributed by atoms with Crippen LogP contribution in [0.1, 0.15) is 5.56 Å². The molecule has 0 saturated carbocycles. The number of benzene rings is 1. The minimum atomic E-state index is -0.539. The van der Waals surface area contributed by atoms with Crippen LogP contribution in [0.25, 0.3) is 6.08 Å². The van der Waals surface area contributed by atoms with Crippen LogP contribution in [0.15, 0.2) is 24.4 Å². The van der Waals surface area contributed by atoms with E-state index in [4.69, 9.17) is 23.2 Å². The summed E-state index contributed by atoms with van der Waals surface area (Å²) >= 11 is 11.3. The van der Waals surface area contributed by atoms with Gasteiger partial charge in [0, 0.05) is 6.08 Å². The van der Waals surface area contributed by atoms with E-state index in [1.54, 1.807) is 18.2 Å². The van der Waals surface area contributed by atoms with E-state index in [0.717, 1.165) is 6.20 Å². The molecule has 0 saturated heterocycles. The molecule has 1 rings (SSSR count). The van der Waals surface area contributed by atoms with E-state index in [0.29, 0.717) is 15.6 Å². The van der Waals surface area contributed by atoms with Gasteiger partial charge in [-0.2, -0.15) is 0 Å². The van der Waals surface area contributed by atoms with Gasteiger partial charge in [-0.1, -0.05) is 29.3 Å². The fraction of sp³-hybridized carbons (Fsp3) is 0. The minimum absolute atomic E-state index is 0.382. The first-order valence-corrected chi connectivity index (χ1v) is 4.12. The molecule has 0 heterocycles. The SMILES string of the molecule is O=[N+]([O-])/C=C/c1ccc(Cl)c(Cl)c1. The number of nitro groups is 1. The maximum Gasteiger partial charge on any atom is 0.235 e. The lowest BCUT2D eigenvalue weighted by molar-refractivity contribution is -0.400. The highest BCUT2D eigenvalue weighted by Gasteiger charge is 1.97. The van der Waals surface area contributed by atoms with Gasteiger partial charge in [-0.15, -0.1) is 0 Å². The number of nitrogens with zero attached hydrogens (tertiary/aromatic N) is 1. The van der Waals surface area contributed by atoms with Crippen LogP contribution in [0.3, 0.4) is 0 Å². The smallest absolute Gasteiger partial charge is 0.235 e. The monoisotopic (exact) mass is 217 g/mol. The predicted molar refractivity (Wildman–Crippen MR) is 52.5 cm³/mol. The van der Waals surface area contributed by atoms with Gasteiger partial charge in [-0.05, 0) is 17.7 Å². The third-order valence-corrected chi connectivity index (χ3v) is 2.07. The van der Waals surface area contributed by atoms with Crippen molar-refractivity contribution in [3.05, 3.63) is 50.1 Å². The van der Waals surface area contributed by atoms with E-state index in [1.807, 2.05) is 0 Å². The molecule has 0 spiro atoms. The van der Waals surface area contributed by atoms with Gasteiger partial charge in [0.05, 0.1) is 15.0 Å². The third-order valence-electron chi connectivity index (χ3n) is 1.33. The van der Waals surface area contributed by atoms with Crippen LogP contribution in [-0.2, 0) is 0 Å². The Labute approximate surface area is 84.7 Å². The molecule has 0 radical (unpaired) electrons. The molecular weight excluding hydrogens is 213 g/mol. The second-order valence-corrected chi connectivity index (χ2v) is 3.09. The summed E-state index contributed by atoms with van der Waals surface area (Å²) in [4.78, 5) is 9.45. The lowest BCUT2D eigenvalue weighted by atomic mass is 10.2. The van der Waals surface area contributed by atoms with Gasteiger partial charge in [0.1, 0.15) is 0 Å². The van der Waals surface area contributed by atoms with Crippen molar-refractivity contribution in [2.75, 3.05) is 0 Å². The summed E-state index contributed by atoms with van der Waals surface area (Å²) in [6.07, 6.45) is 2.20. The van der Waals surface area contributed by atoms with Crippen molar-refractivity contribution < 1.29 is 4.92 Å². The van der Waals surface area contributed by atoms with E-state index in [2.05, 4.69) is 0 Å². The molecule has 0 atom stereocenters. The number of hydrogen-bond donors (Lipinski definition) is 0. The largest absolute Gasteiger partial charge is 0.259 e. The van der Waals surface area contributed by atoms with Crippen molar-refractivity contribution >= 4 is 29.3 Å². The molecule has 1 aromatic rings. The van der Waals surface area contributed by atoms with Crippen LogP contribution < -0.4 is 0 Å². The normalized spacial score (nSPS) is 10.6. The number of halogens is 2. The Hall–Kier alpha value is -1.06. The van der Waals surface area contributed by atoms with Crippen molar-refractivity contribution in [1.82, 2.24) is 0 Å². The zero-order chi connectivity index (χ0) is 9.84. The molecule has 0 aliphatic carbocycles. The maximum atomic E-state index is 9.98. The van der Waals surface area contributed by atoms with Crippen molar-refractivity contribution in [3.63, 3.8) is 0 Å². The summed E-state index contributed by atoms with van der Waals surface area (Å²) in [7, 11) is 0. The Morgan fingerprint density at radius 2 is 2.00 bits per heavy atom. The number of rotatable bonds is 2. The summed E-state index contributed by atoms with van der Waals surface area (Å²) in [6.45, 7) is 0. The molecule has 0 aromatic heterocycles. The average molecular weight is 218 g/mol. The van der Waals surface area contributed by atoms with Gasteiger partial charge in [0.25, 0.3) is 0 Å². The second kappa shape index (κ2) is 4.25. The zero-order valence-electron chi connectivity index (χ0n) is 6.41. The summed E-state index contributed by atoms with van der Waals surface area (Å²) in [5, 5.41) is 10.8. The zero-order valence-corrected chi connectivity index (χ0v) is 7.92. The fourth-order valence-corrected chi connectivity index (χ4v) is 1.07. The van der Waals surface area contributed by atoms with Gasteiger partial charge in [-0.25, -0.2) is 0 Å². The molecule has 0 N–H and O–H groups in total. The van der Waals surface area contributed by atoms with E-state index in [-0.39, 0.29) is 0 Å². The number of hydrogen-bond acceptors (Lipinski definition) is 2. The van der Waals surface area contributed by atoms with E-state index in [1.165, 1.54) is 6.08 Å². The molecule has 68 valence electrons. The molecule has 0 bridgehead atoms. The van der Waals surface area contributed by atoms with Crippen molar-refractivity contribution in [3.8, 4) is 0 Å². The first-order chi connectivity index (χ1) is 6.09.